The third-order valence-corrected chi connectivity index (χ3v) is 5.34. The van der Waals surface area contributed by atoms with Crippen LogP contribution in [0, 0.1) is 5.82 Å². The van der Waals surface area contributed by atoms with Crippen LogP contribution in [0.4, 0.5) is 33.2 Å². The van der Waals surface area contributed by atoms with Gasteiger partial charge in [0.1, 0.15) is 11.6 Å². The Labute approximate surface area is 205 Å². The average molecular weight is 481 g/mol. The quantitative estimate of drug-likeness (QED) is 0.276. The summed E-state index contributed by atoms with van der Waals surface area (Å²) in [5.74, 6) is -0.262. The number of aromatic nitrogens is 5. The molecule has 0 aliphatic carbocycles. The second-order valence-electron chi connectivity index (χ2n) is 7.91. The molecule has 0 aliphatic heterocycles. The minimum atomic E-state index is -0.516. The molecule has 5 aromatic rings. The number of nitrogens with zero attached hydrogens (tertiary/aromatic N) is 5. The van der Waals surface area contributed by atoms with E-state index in [1.165, 1.54) is 18.2 Å². The predicted octanol–water partition coefficient (Wildman–Crippen LogP) is 5.18. The first-order valence-corrected chi connectivity index (χ1v) is 11.0. The van der Waals surface area contributed by atoms with Crippen LogP contribution in [0.2, 0.25) is 0 Å². The van der Waals surface area contributed by atoms with E-state index in [9.17, 15) is 9.18 Å². The van der Waals surface area contributed by atoms with Crippen LogP contribution in [-0.2, 0) is 11.8 Å². The maximum Gasteiger partial charge on any atom is 0.247 e. The van der Waals surface area contributed by atoms with Crippen LogP contribution in [0.15, 0.2) is 86.0 Å². The van der Waals surface area contributed by atoms with E-state index in [1.54, 1.807) is 36.5 Å². The summed E-state index contributed by atoms with van der Waals surface area (Å²) >= 11 is 0. The SMILES string of the molecule is C=CC(=O)Nc1ccc(F)c(Nc2nc(Nc3cnn(C)c3)ncc2-c2ccc3cccnc3c2)c1. The van der Waals surface area contributed by atoms with Crippen LogP contribution in [0.1, 0.15) is 0 Å². The zero-order valence-electron chi connectivity index (χ0n) is 19.2. The third-order valence-electron chi connectivity index (χ3n) is 5.34. The summed E-state index contributed by atoms with van der Waals surface area (Å²) in [6.45, 7) is 3.44. The molecule has 10 heteroatoms. The zero-order chi connectivity index (χ0) is 25.1. The maximum atomic E-state index is 14.8. The van der Waals surface area contributed by atoms with Gasteiger partial charge in [0.05, 0.1) is 23.1 Å². The fraction of sp³-hybridized carbons (Fsp3) is 0.0385. The van der Waals surface area contributed by atoms with E-state index in [2.05, 4.69) is 42.6 Å². The van der Waals surface area contributed by atoms with Gasteiger partial charge in [0, 0.05) is 42.3 Å². The number of nitrogens with one attached hydrogen (secondary N) is 3. The lowest BCUT2D eigenvalue weighted by atomic mass is 10.1. The van der Waals surface area contributed by atoms with Crippen molar-refractivity contribution in [2.75, 3.05) is 16.0 Å². The van der Waals surface area contributed by atoms with Crippen molar-refractivity contribution in [1.29, 1.82) is 0 Å². The van der Waals surface area contributed by atoms with Gasteiger partial charge in [0.25, 0.3) is 0 Å². The number of carbonyl (C=O) groups excluding carboxylic acids is 1. The van der Waals surface area contributed by atoms with E-state index in [0.717, 1.165) is 22.5 Å². The molecule has 9 nitrogen and oxygen atoms in total. The first kappa shape index (κ1) is 22.7. The van der Waals surface area contributed by atoms with E-state index in [-0.39, 0.29) is 5.69 Å². The smallest absolute Gasteiger partial charge is 0.247 e. The lowest BCUT2D eigenvalue weighted by molar-refractivity contribution is -0.111. The molecule has 0 bridgehead atoms. The van der Waals surface area contributed by atoms with E-state index >= 15 is 0 Å². The Morgan fingerprint density at radius 2 is 1.94 bits per heavy atom. The van der Waals surface area contributed by atoms with Crippen molar-refractivity contribution in [3.63, 3.8) is 0 Å². The summed E-state index contributed by atoms with van der Waals surface area (Å²) in [4.78, 5) is 25.2. The molecule has 5 rings (SSSR count). The van der Waals surface area contributed by atoms with E-state index < -0.39 is 11.7 Å². The molecule has 1 amide bonds. The summed E-state index contributed by atoms with van der Waals surface area (Å²) < 4.78 is 16.4. The summed E-state index contributed by atoms with van der Waals surface area (Å²) in [5.41, 5.74) is 3.48. The number of fused-ring (bicyclic) bond motifs is 1. The Bertz CT molecular complexity index is 1600. The summed E-state index contributed by atoms with van der Waals surface area (Å²) in [7, 11) is 1.80. The predicted molar refractivity (Wildman–Crippen MR) is 138 cm³/mol. The van der Waals surface area contributed by atoms with Gasteiger partial charge in [0.15, 0.2) is 0 Å². The molecule has 0 spiro atoms. The number of aryl methyl sites for hydroxylation is 1. The Hall–Kier alpha value is -5.12. The largest absolute Gasteiger partial charge is 0.337 e. The summed E-state index contributed by atoms with van der Waals surface area (Å²) in [6.07, 6.45) is 7.94. The van der Waals surface area contributed by atoms with Crippen molar-refractivity contribution >= 4 is 45.6 Å². The van der Waals surface area contributed by atoms with Gasteiger partial charge in [-0.15, -0.1) is 0 Å². The standard InChI is InChI=1S/C26H21FN8O/c1-3-24(36)31-18-8-9-21(27)23(12-18)33-25-20(17-7-6-16-5-4-10-28-22(16)11-17)14-29-26(34-25)32-19-13-30-35(2)15-19/h3-15H,1H2,2H3,(H,31,36)(H2,29,32,33,34). The van der Waals surface area contributed by atoms with Gasteiger partial charge in [-0.3, -0.25) is 14.5 Å². The topological polar surface area (TPSA) is 110 Å². The van der Waals surface area contributed by atoms with Crippen LogP contribution in [0.5, 0.6) is 0 Å². The maximum absolute atomic E-state index is 14.8. The Morgan fingerprint density at radius 1 is 1.06 bits per heavy atom. The van der Waals surface area contributed by atoms with Crippen molar-refractivity contribution in [2.24, 2.45) is 7.05 Å². The van der Waals surface area contributed by atoms with E-state index in [1.807, 2.05) is 30.3 Å². The molecule has 178 valence electrons. The number of hydrogen-bond donors (Lipinski definition) is 3. The molecule has 3 N–H and O–H groups in total. The highest BCUT2D eigenvalue weighted by molar-refractivity contribution is 5.99. The van der Waals surface area contributed by atoms with Crippen LogP contribution in [0.25, 0.3) is 22.0 Å². The van der Waals surface area contributed by atoms with Gasteiger partial charge in [-0.25, -0.2) is 9.37 Å². The van der Waals surface area contributed by atoms with Gasteiger partial charge in [-0.05, 0) is 42.0 Å². The lowest BCUT2D eigenvalue weighted by Crippen LogP contribution is -2.08. The molecular weight excluding hydrogens is 459 g/mol. The van der Waals surface area contributed by atoms with Crippen LogP contribution in [-0.4, -0.2) is 30.6 Å². The zero-order valence-corrected chi connectivity index (χ0v) is 19.2. The molecule has 3 aromatic heterocycles. The van der Waals surface area contributed by atoms with Gasteiger partial charge < -0.3 is 16.0 Å². The summed E-state index contributed by atoms with van der Waals surface area (Å²) in [6, 6.07) is 13.9. The number of carbonyl (C=O) groups is 1. The molecule has 3 heterocycles. The molecular formula is C26H21FN8O. The number of halogens is 1. The van der Waals surface area contributed by atoms with E-state index in [0.29, 0.717) is 28.7 Å². The van der Waals surface area contributed by atoms with Crippen LogP contribution >= 0.6 is 0 Å². The molecule has 0 radical (unpaired) electrons. The Balaban J connectivity index is 1.57. The van der Waals surface area contributed by atoms with Gasteiger partial charge in [-0.2, -0.15) is 10.1 Å². The Morgan fingerprint density at radius 3 is 2.75 bits per heavy atom. The number of anilines is 5. The number of rotatable bonds is 7. The van der Waals surface area contributed by atoms with Crippen molar-refractivity contribution in [3.8, 4) is 11.1 Å². The van der Waals surface area contributed by atoms with Crippen molar-refractivity contribution < 1.29 is 9.18 Å². The molecule has 0 atom stereocenters. The number of hydrogen-bond acceptors (Lipinski definition) is 7. The third kappa shape index (κ3) is 4.87. The highest BCUT2D eigenvalue weighted by Gasteiger charge is 2.14. The highest BCUT2D eigenvalue weighted by atomic mass is 19.1. The first-order valence-electron chi connectivity index (χ1n) is 11.0. The minimum Gasteiger partial charge on any atom is -0.337 e. The van der Waals surface area contributed by atoms with E-state index in [4.69, 9.17) is 0 Å². The second-order valence-corrected chi connectivity index (χ2v) is 7.91. The molecule has 36 heavy (non-hydrogen) atoms. The molecule has 0 saturated heterocycles. The first-order chi connectivity index (χ1) is 17.5. The van der Waals surface area contributed by atoms with Crippen LogP contribution in [0.3, 0.4) is 0 Å². The van der Waals surface area contributed by atoms with Crippen molar-refractivity contribution in [2.45, 2.75) is 0 Å². The molecule has 0 aliphatic rings. The fourth-order valence-corrected chi connectivity index (χ4v) is 3.62. The van der Waals surface area contributed by atoms with Crippen molar-refractivity contribution in [1.82, 2.24) is 24.7 Å². The summed E-state index contributed by atoms with van der Waals surface area (Å²) in [5, 5.41) is 13.9. The van der Waals surface area contributed by atoms with Crippen LogP contribution < -0.4 is 16.0 Å². The highest BCUT2D eigenvalue weighted by Crippen LogP contribution is 2.33. The average Bonchev–Trinajstić information content (AvgIpc) is 3.30. The second kappa shape index (κ2) is 9.63. The van der Waals surface area contributed by atoms with Gasteiger partial charge in [-0.1, -0.05) is 24.8 Å². The lowest BCUT2D eigenvalue weighted by Gasteiger charge is -2.15. The fourth-order valence-electron chi connectivity index (χ4n) is 3.62. The van der Waals surface area contributed by atoms with Crippen molar-refractivity contribution in [3.05, 3.63) is 91.8 Å². The molecule has 0 fully saturated rings. The molecule has 0 saturated carbocycles. The molecule has 2 aromatic carbocycles. The molecule has 0 unspecified atom stereocenters. The number of benzene rings is 2. The minimum absolute atomic E-state index is 0.128. The normalized spacial score (nSPS) is 10.7. The van der Waals surface area contributed by atoms with Gasteiger partial charge >= 0.3 is 0 Å². The van der Waals surface area contributed by atoms with Gasteiger partial charge in [0.2, 0.25) is 11.9 Å². The number of pyridine rings is 1. The number of amides is 1. The monoisotopic (exact) mass is 480 g/mol. The Kier molecular flexibility index (Phi) is 6.06.